The Hall–Kier alpha value is -2.47. The number of rotatable bonds is 5. The Labute approximate surface area is 166 Å². The summed E-state index contributed by atoms with van der Waals surface area (Å²) in [4.78, 5) is 2.42. The van der Waals surface area contributed by atoms with E-state index in [4.69, 9.17) is 0 Å². The van der Waals surface area contributed by atoms with Gasteiger partial charge in [0.1, 0.15) is 6.10 Å². The fourth-order valence-electron chi connectivity index (χ4n) is 4.27. The summed E-state index contributed by atoms with van der Waals surface area (Å²) in [5.74, 6) is 0. The summed E-state index contributed by atoms with van der Waals surface area (Å²) in [5.41, 5.74) is 2.27. The third-order valence-electron chi connectivity index (χ3n) is 5.71. The predicted molar refractivity (Wildman–Crippen MR) is 110 cm³/mol. The Morgan fingerprint density at radius 1 is 0.893 bits per heavy atom. The van der Waals surface area contributed by atoms with Crippen molar-refractivity contribution in [3.05, 3.63) is 102 Å². The number of likely N-dealkylation sites (N-methyl/N-ethyl adjacent to an activating group) is 1. The van der Waals surface area contributed by atoms with Crippen LogP contribution in [0.5, 0.6) is 0 Å². The summed E-state index contributed by atoms with van der Waals surface area (Å²) in [6.07, 6.45) is 0.378. The van der Waals surface area contributed by atoms with Crippen LogP contribution in [0.3, 0.4) is 0 Å². The lowest BCUT2D eigenvalue weighted by atomic mass is 9.83. The van der Waals surface area contributed by atoms with Crippen molar-refractivity contribution in [3.63, 3.8) is 0 Å². The second-order valence-electron chi connectivity index (χ2n) is 7.36. The molecule has 144 valence electrons. The molecule has 1 saturated heterocycles. The molecule has 1 fully saturated rings. The summed E-state index contributed by atoms with van der Waals surface area (Å²) >= 11 is 0. The van der Waals surface area contributed by atoms with Gasteiger partial charge in [-0.3, -0.25) is 4.90 Å². The van der Waals surface area contributed by atoms with Crippen LogP contribution in [0, 0.1) is 0 Å². The number of benzene rings is 3. The summed E-state index contributed by atoms with van der Waals surface area (Å²) in [5, 5.41) is 11.5. The van der Waals surface area contributed by atoms with Crippen molar-refractivity contribution in [1.82, 2.24) is 4.90 Å². The van der Waals surface area contributed by atoms with Crippen LogP contribution < -0.4 is 0 Å². The van der Waals surface area contributed by atoms with Gasteiger partial charge < -0.3 is 5.11 Å². The molecule has 1 aliphatic heterocycles. The van der Waals surface area contributed by atoms with E-state index < -0.39 is 21.5 Å². The topological polar surface area (TPSA) is 57.4 Å². The average Bonchev–Trinajstić information content (AvgIpc) is 3.34. The van der Waals surface area contributed by atoms with E-state index >= 15 is 0 Å². The lowest BCUT2D eigenvalue weighted by Gasteiger charge is -2.25. The normalized spacial score (nSPS) is 25.2. The molecular weight excluding hydrogens is 370 g/mol. The molecule has 0 aromatic heterocycles. The van der Waals surface area contributed by atoms with Crippen LogP contribution in [0.1, 0.15) is 28.8 Å². The molecule has 0 saturated carbocycles. The van der Waals surface area contributed by atoms with E-state index in [1.807, 2.05) is 55.6 Å². The molecule has 3 unspecified atom stereocenters. The van der Waals surface area contributed by atoms with Gasteiger partial charge in [-0.05, 0) is 35.9 Å². The van der Waals surface area contributed by atoms with Crippen LogP contribution in [-0.2, 0) is 15.4 Å². The van der Waals surface area contributed by atoms with Crippen molar-refractivity contribution in [3.8, 4) is 0 Å². The molecule has 3 aromatic carbocycles. The summed E-state index contributed by atoms with van der Waals surface area (Å²) in [6, 6.07) is 26.7. The fourth-order valence-corrected chi connectivity index (χ4v) is 4.90. The van der Waals surface area contributed by atoms with Crippen LogP contribution in [0.25, 0.3) is 0 Å². The first-order valence-corrected chi connectivity index (χ1v) is 11.1. The van der Waals surface area contributed by atoms with Gasteiger partial charge in [0.25, 0.3) is 0 Å². The molecule has 0 amide bonds. The predicted octanol–water partition coefficient (Wildman–Crippen LogP) is 3.71. The highest BCUT2D eigenvalue weighted by Gasteiger charge is 2.66. The Balaban J connectivity index is 1.79. The minimum atomic E-state index is -3.27. The zero-order chi connectivity index (χ0) is 19.9. The molecular formula is C23H23NO3S. The van der Waals surface area contributed by atoms with Gasteiger partial charge in [0.05, 0.1) is 16.5 Å². The highest BCUT2D eigenvalue weighted by molar-refractivity contribution is 7.90. The van der Waals surface area contributed by atoms with Crippen LogP contribution in [0.15, 0.2) is 89.8 Å². The van der Waals surface area contributed by atoms with E-state index in [0.717, 1.165) is 11.1 Å². The lowest BCUT2D eigenvalue weighted by molar-refractivity contribution is 0.107. The molecule has 1 heterocycles. The van der Waals surface area contributed by atoms with E-state index in [2.05, 4.69) is 17.0 Å². The molecule has 1 N–H and O–H groups in total. The fraction of sp³-hybridized carbons (Fsp3) is 0.217. The van der Waals surface area contributed by atoms with E-state index in [9.17, 15) is 13.5 Å². The molecule has 4 atom stereocenters. The second-order valence-corrected chi connectivity index (χ2v) is 9.37. The summed E-state index contributed by atoms with van der Waals surface area (Å²) in [6.45, 7) is 0. The van der Waals surface area contributed by atoms with Gasteiger partial charge in [-0.15, -0.1) is 0 Å². The zero-order valence-electron chi connectivity index (χ0n) is 15.9. The average molecular weight is 394 g/mol. The first-order valence-electron chi connectivity index (χ1n) is 9.18. The zero-order valence-corrected chi connectivity index (χ0v) is 16.7. The summed E-state index contributed by atoms with van der Waals surface area (Å²) in [7, 11) is -1.26. The Morgan fingerprint density at radius 3 is 1.96 bits per heavy atom. The van der Waals surface area contributed by atoms with Gasteiger partial charge in [0.15, 0.2) is 9.84 Å². The molecule has 5 heteroatoms. The molecule has 3 aromatic rings. The molecule has 28 heavy (non-hydrogen) atoms. The van der Waals surface area contributed by atoms with Gasteiger partial charge in [0.2, 0.25) is 0 Å². The van der Waals surface area contributed by atoms with E-state index in [-0.39, 0.29) is 10.9 Å². The van der Waals surface area contributed by atoms with Gasteiger partial charge in [-0.1, -0.05) is 72.8 Å². The van der Waals surface area contributed by atoms with Gasteiger partial charge in [-0.2, -0.15) is 0 Å². The second kappa shape index (κ2) is 6.85. The summed E-state index contributed by atoms with van der Waals surface area (Å²) < 4.78 is 23.5. The standard InChI is InChI=1S/C23H23NO3S/c1-24-21(17-9-5-3-6-10-17)23(24,19-11-7-4-8-12-19)22(25)18-13-15-20(16-14-18)28(2,26)27/h3-16,21-22,25H,1-2H3/t21?,22?,23?,24-/m1/s1. The van der Waals surface area contributed by atoms with Crippen LogP contribution in [0.2, 0.25) is 0 Å². The third-order valence-corrected chi connectivity index (χ3v) is 6.84. The maximum atomic E-state index is 11.8. The molecule has 1 aliphatic rings. The van der Waals surface area contributed by atoms with Crippen molar-refractivity contribution in [2.45, 2.75) is 22.6 Å². The first kappa shape index (κ1) is 18.9. The molecule has 4 rings (SSSR count). The number of sulfone groups is 1. The highest BCUT2D eigenvalue weighted by atomic mass is 32.2. The molecule has 4 nitrogen and oxygen atoms in total. The number of nitrogens with zero attached hydrogens (tertiary/aromatic N) is 1. The minimum Gasteiger partial charge on any atom is -0.386 e. The quantitative estimate of drug-likeness (QED) is 0.672. The lowest BCUT2D eigenvalue weighted by Crippen LogP contribution is -2.24. The Kier molecular flexibility index (Phi) is 4.62. The number of hydrogen-bond acceptors (Lipinski definition) is 4. The van der Waals surface area contributed by atoms with Crippen LogP contribution in [0.4, 0.5) is 0 Å². The van der Waals surface area contributed by atoms with Crippen molar-refractivity contribution >= 4 is 9.84 Å². The highest BCUT2D eigenvalue weighted by Crippen LogP contribution is 2.64. The first-order chi connectivity index (χ1) is 13.4. The van der Waals surface area contributed by atoms with Crippen LogP contribution in [-0.4, -0.2) is 31.7 Å². The third kappa shape index (κ3) is 2.96. The SMILES string of the molecule is C[N@]1C(c2ccccc2)C1(c1ccccc1)C(O)c1ccc(S(C)(=O)=O)cc1. The molecule has 0 aliphatic carbocycles. The largest absolute Gasteiger partial charge is 0.386 e. The maximum Gasteiger partial charge on any atom is 0.175 e. The van der Waals surface area contributed by atoms with E-state index in [1.54, 1.807) is 24.3 Å². The van der Waals surface area contributed by atoms with E-state index in [1.165, 1.54) is 6.26 Å². The maximum absolute atomic E-state index is 11.8. The molecule has 0 bridgehead atoms. The van der Waals surface area contributed by atoms with Crippen molar-refractivity contribution in [2.24, 2.45) is 0 Å². The van der Waals surface area contributed by atoms with E-state index in [0.29, 0.717) is 5.56 Å². The molecule has 0 spiro atoms. The van der Waals surface area contributed by atoms with Crippen molar-refractivity contribution in [2.75, 3.05) is 13.3 Å². The monoisotopic (exact) mass is 393 g/mol. The Bertz CT molecular complexity index is 1070. The molecule has 0 radical (unpaired) electrons. The number of aliphatic hydroxyl groups is 1. The number of hydrogen-bond donors (Lipinski definition) is 1. The van der Waals surface area contributed by atoms with Crippen molar-refractivity contribution < 1.29 is 13.5 Å². The van der Waals surface area contributed by atoms with Gasteiger partial charge >= 0.3 is 0 Å². The Morgan fingerprint density at radius 2 is 1.43 bits per heavy atom. The minimum absolute atomic E-state index is 0.0284. The van der Waals surface area contributed by atoms with Gasteiger partial charge in [0, 0.05) is 6.26 Å². The van der Waals surface area contributed by atoms with Crippen molar-refractivity contribution in [1.29, 1.82) is 0 Å². The number of aliphatic hydroxyl groups excluding tert-OH is 1. The van der Waals surface area contributed by atoms with Crippen LogP contribution >= 0.6 is 0 Å². The smallest absolute Gasteiger partial charge is 0.175 e. The van der Waals surface area contributed by atoms with Gasteiger partial charge in [-0.25, -0.2) is 8.42 Å².